The van der Waals surface area contributed by atoms with E-state index in [-0.39, 0.29) is 35.6 Å². The number of quaternary nitrogens is 1. The second-order valence-corrected chi connectivity index (χ2v) is 12.5. The number of alkyl halides is 2. The van der Waals surface area contributed by atoms with E-state index < -0.39 is 38.6 Å². The van der Waals surface area contributed by atoms with Gasteiger partial charge in [0.05, 0.1) is 17.8 Å². The predicted molar refractivity (Wildman–Crippen MR) is 128 cm³/mol. The Bertz CT molecular complexity index is 896. The minimum absolute atomic E-state index is 0.0462. The van der Waals surface area contributed by atoms with Gasteiger partial charge >= 0.3 is 21.6 Å². The van der Waals surface area contributed by atoms with Crippen molar-refractivity contribution in [3.05, 3.63) is 29.8 Å². The van der Waals surface area contributed by atoms with Gasteiger partial charge in [-0.3, -0.25) is 13.9 Å². The SMILES string of the molecule is N[C@@H](Cc1ccc([N+](C=O)(CCCl)CCCl)cc1)C(=O)NCCCC(O)(P(=O)(O)O)P(=O)(O)O. The number of carbonyl (C=O) groups is 2. The van der Waals surface area contributed by atoms with Crippen LogP contribution in [0.5, 0.6) is 0 Å². The highest BCUT2D eigenvalue weighted by Crippen LogP contribution is 2.69. The predicted octanol–water partition coefficient (Wildman–Crippen LogP) is 0.396. The molecule has 0 spiro atoms. The van der Waals surface area contributed by atoms with E-state index in [0.29, 0.717) is 24.3 Å². The van der Waals surface area contributed by atoms with Gasteiger partial charge in [0, 0.05) is 13.0 Å². The first kappa shape index (κ1) is 31.2. The van der Waals surface area contributed by atoms with Crippen LogP contribution in [0.1, 0.15) is 18.4 Å². The molecule has 1 aromatic rings. The molecule has 1 atom stereocenters. The van der Waals surface area contributed by atoms with Crippen LogP contribution in [-0.4, -0.2) is 79.5 Å². The van der Waals surface area contributed by atoms with E-state index in [9.17, 15) is 23.8 Å². The lowest BCUT2D eigenvalue weighted by Gasteiger charge is -2.30. The fraction of sp³-hybridized carbons (Fsp3) is 0.556. The molecule has 16 heteroatoms. The molecule has 0 aliphatic carbocycles. The summed E-state index contributed by atoms with van der Waals surface area (Å²) in [5.41, 5.74) is 7.28. The number of nitrogens with one attached hydrogen (secondary N) is 1. The maximum atomic E-state index is 12.2. The van der Waals surface area contributed by atoms with E-state index in [4.69, 9.17) is 48.5 Å². The summed E-state index contributed by atoms with van der Waals surface area (Å²) < 4.78 is 22.6. The van der Waals surface area contributed by atoms with Crippen LogP contribution in [0.3, 0.4) is 0 Å². The van der Waals surface area contributed by atoms with Gasteiger partial charge in [0.2, 0.25) is 5.91 Å². The molecular formula is C18H30Cl2N3O9P2+. The van der Waals surface area contributed by atoms with Crippen LogP contribution in [0, 0.1) is 0 Å². The number of aliphatic hydroxyl groups is 1. The van der Waals surface area contributed by atoms with Crippen molar-refractivity contribution in [3.63, 3.8) is 0 Å². The maximum Gasteiger partial charge on any atom is 0.369 e. The third-order valence-electron chi connectivity index (χ3n) is 5.33. The first-order valence-electron chi connectivity index (χ1n) is 10.1. The monoisotopic (exact) mass is 564 g/mol. The summed E-state index contributed by atoms with van der Waals surface area (Å²) in [6, 6.07) is 5.87. The largest absolute Gasteiger partial charge is 0.369 e. The first-order chi connectivity index (χ1) is 15.7. The molecule has 0 heterocycles. The molecule has 0 saturated carbocycles. The van der Waals surface area contributed by atoms with Crippen LogP contribution in [0.15, 0.2) is 24.3 Å². The van der Waals surface area contributed by atoms with E-state index >= 15 is 0 Å². The molecule has 0 bridgehead atoms. The summed E-state index contributed by atoms with van der Waals surface area (Å²) in [4.78, 5) is 60.4. The summed E-state index contributed by atoms with van der Waals surface area (Å²) >= 11 is 11.7. The number of nitrogens with zero attached hydrogens (tertiary/aromatic N) is 1. The highest BCUT2D eigenvalue weighted by atomic mass is 35.5. The second kappa shape index (κ2) is 12.9. The van der Waals surface area contributed by atoms with Gasteiger partial charge in [0.1, 0.15) is 18.8 Å². The number of rotatable bonds is 15. The van der Waals surface area contributed by atoms with Crippen molar-refractivity contribution in [1.29, 1.82) is 0 Å². The molecule has 0 unspecified atom stereocenters. The van der Waals surface area contributed by atoms with Crippen molar-refractivity contribution >= 4 is 56.4 Å². The van der Waals surface area contributed by atoms with Gasteiger partial charge in [0.25, 0.3) is 5.08 Å². The Hall–Kier alpha value is -0.880. The van der Waals surface area contributed by atoms with Crippen LogP contribution in [0.4, 0.5) is 5.69 Å². The fourth-order valence-corrected chi connectivity index (χ4v) is 6.10. The number of hydrogen-bond donors (Lipinski definition) is 7. The lowest BCUT2D eigenvalue weighted by atomic mass is 10.0. The van der Waals surface area contributed by atoms with E-state index in [2.05, 4.69) is 5.32 Å². The molecule has 0 fully saturated rings. The first-order valence-corrected chi connectivity index (χ1v) is 14.4. The van der Waals surface area contributed by atoms with E-state index in [1.165, 1.54) is 0 Å². The summed E-state index contributed by atoms with van der Waals surface area (Å²) in [6.07, 6.45) is -0.362. The average molecular weight is 565 g/mol. The molecule has 0 aliphatic rings. The topological polar surface area (TPSA) is 207 Å². The zero-order chi connectivity index (χ0) is 26.2. The van der Waals surface area contributed by atoms with Crippen molar-refractivity contribution in [2.75, 3.05) is 31.4 Å². The molecule has 0 aromatic heterocycles. The molecule has 2 amide bonds. The minimum Gasteiger partial charge on any atom is -0.368 e. The van der Waals surface area contributed by atoms with Crippen LogP contribution >= 0.6 is 38.4 Å². The van der Waals surface area contributed by atoms with E-state index in [1.807, 2.05) is 0 Å². The summed E-state index contributed by atoms with van der Waals surface area (Å²) in [5, 5.41) is 8.68. The third kappa shape index (κ3) is 7.81. The number of benzene rings is 1. The second-order valence-electron chi connectivity index (χ2n) is 7.70. The highest BCUT2D eigenvalue weighted by Gasteiger charge is 2.58. The Labute approximate surface area is 206 Å². The van der Waals surface area contributed by atoms with Crippen molar-refractivity contribution < 1.29 is 43.4 Å². The summed E-state index contributed by atoms with van der Waals surface area (Å²) in [5.74, 6) is -0.105. The van der Waals surface area contributed by atoms with E-state index in [1.54, 1.807) is 24.3 Å². The van der Waals surface area contributed by atoms with Gasteiger partial charge in [0.15, 0.2) is 0 Å². The molecular weight excluding hydrogens is 535 g/mol. The average Bonchev–Trinajstić information content (AvgIpc) is 2.75. The number of carbonyl (C=O) groups excluding carboxylic acids is 2. The van der Waals surface area contributed by atoms with Crippen molar-refractivity contribution in [2.24, 2.45) is 5.73 Å². The molecule has 0 aliphatic heterocycles. The number of nitrogens with two attached hydrogens (primary N) is 1. The smallest absolute Gasteiger partial charge is 0.368 e. The zero-order valence-electron chi connectivity index (χ0n) is 18.2. The molecule has 8 N–H and O–H groups in total. The van der Waals surface area contributed by atoms with Crippen molar-refractivity contribution in [2.45, 2.75) is 30.4 Å². The van der Waals surface area contributed by atoms with Crippen molar-refractivity contribution in [1.82, 2.24) is 9.80 Å². The van der Waals surface area contributed by atoms with Crippen LogP contribution < -0.4 is 15.5 Å². The summed E-state index contributed by atoms with van der Waals surface area (Å²) in [7, 11) is -11.1. The number of hydrogen-bond acceptors (Lipinski definition) is 6. The normalized spacial score (nSPS) is 14.0. The fourth-order valence-electron chi connectivity index (χ4n) is 3.24. The third-order valence-corrected chi connectivity index (χ3v) is 9.55. The quantitative estimate of drug-likeness (QED) is 0.0512. The van der Waals surface area contributed by atoms with Gasteiger partial charge in [-0.05, 0) is 30.5 Å². The number of amides is 2. The van der Waals surface area contributed by atoms with Gasteiger partial charge < -0.3 is 35.7 Å². The molecule has 0 radical (unpaired) electrons. The molecule has 1 rings (SSSR count). The Morgan fingerprint density at radius 3 is 2.00 bits per heavy atom. The van der Waals surface area contributed by atoms with Gasteiger partial charge in [-0.1, -0.05) is 12.1 Å². The Morgan fingerprint density at radius 1 is 1.09 bits per heavy atom. The Kier molecular flexibility index (Phi) is 11.8. The standard InChI is InChI=1S/C18H29Cl2N3O9P2/c19-7-10-23(13-24,11-8-20)15-4-2-14(3-5-15)12-16(21)17(25)22-9-1-6-18(26,33(27,28)29)34(30,31)32/h2-5,13,16,26H,1,6-12,21H2,(H4-,22,25,27,28,29,30,31,32)/p+1/t16-/m0/s1. The van der Waals surface area contributed by atoms with Gasteiger partial charge in [-0.2, -0.15) is 0 Å². The molecule has 34 heavy (non-hydrogen) atoms. The lowest BCUT2D eigenvalue weighted by molar-refractivity contribution is -0.122. The highest BCUT2D eigenvalue weighted by molar-refractivity contribution is 7.72. The lowest BCUT2D eigenvalue weighted by Crippen LogP contribution is -2.50. The molecule has 194 valence electrons. The van der Waals surface area contributed by atoms with Gasteiger partial charge in [-0.25, -0.2) is 9.28 Å². The number of halogens is 2. The molecule has 12 nitrogen and oxygen atoms in total. The van der Waals surface area contributed by atoms with Crippen LogP contribution in [0.25, 0.3) is 0 Å². The maximum absolute atomic E-state index is 12.2. The molecule has 0 saturated heterocycles. The Balaban J connectivity index is 2.71. The van der Waals surface area contributed by atoms with Gasteiger partial charge in [-0.15, -0.1) is 23.2 Å². The van der Waals surface area contributed by atoms with Crippen LogP contribution in [0.2, 0.25) is 0 Å². The van der Waals surface area contributed by atoms with Crippen LogP contribution in [-0.2, 0) is 25.1 Å². The van der Waals surface area contributed by atoms with E-state index in [0.717, 1.165) is 6.41 Å². The Morgan fingerprint density at radius 2 is 1.59 bits per heavy atom. The van der Waals surface area contributed by atoms with Crippen molar-refractivity contribution in [3.8, 4) is 0 Å². The zero-order valence-corrected chi connectivity index (χ0v) is 21.5. The summed E-state index contributed by atoms with van der Waals surface area (Å²) in [6.45, 7) is 0.486. The molecule has 1 aromatic carbocycles. The minimum atomic E-state index is -5.55.